The summed E-state index contributed by atoms with van der Waals surface area (Å²) < 4.78 is 5.28. The minimum atomic E-state index is 0.224. The van der Waals surface area contributed by atoms with Gasteiger partial charge in [-0.2, -0.15) is 0 Å². The minimum absolute atomic E-state index is 0.224. The lowest BCUT2D eigenvalue weighted by atomic mass is 9.76. The Morgan fingerprint density at radius 3 is 2.62 bits per heavy atom. The third-order valence-electron chi connectivity index (χ3n) is 7.07. The van der Waals surface area contributed by atoms with E-state index in [0.717, 1.165) is 62.3 Å². The quantitative estimate of drug-likeness (QED) is 0.775. The van der Waals surface area contributed by atoms with Gasteiger partial charge in [0.05, 0.1) is 12.3 Å². The van der Waals surface area contributed by atoms with E-state index < -0.39 is 0 Å². The minimum Gasteiger partial charge on any atom is -0.383 e. The molecule has 1 saturated heterocycles. The molecule has 2 aromatic rings. The molecule has 0 amide bonds. The zero-order valence-electron chi connectivity index (χ0n) is 17.5. The van der Waals surface area contributed by atoms with Crippen molar-refractivity contribution in [3.05, 3.63) is 41.6 Å². The van der Waals surface area contributed by atoms with Crippen LogP contribution in [0, 0.1) is 5.92 Å². The summed E-state index contributed by atoms with van der Waals surface area (Å²) >= 11 is 0. The first-order valence-corrected chi connectivity index (χ1v) is 11.2. The smallest absolute Gasteiger partial charge is 0.161 e. The number of piperidine rings is 1. The van der Waals surface area contributed by atoms with E-state index in [1.807, 2.05) is 0 Å². The van der Waals surface area contributed by atoms with Crippen LogP contribution in [0.1, 0.15) is 43.4 Å². The highest BCUT2D eigenvalue weighted by atomic mass is 16.5. The van der Waals surface area contributed by atoms with Crippen molar-refractivity contribution in [1.29, 1.82) is 0 Å². The van der Waals surface area contributed by atoms with Crippen LogP contribution in [0.25, 0.3) is 11.4 Å². The van der Waals surface area contributed by atoms with Crippen molar-refractivity contribution in [2.75, 3.05) is 45.2 Å². The van der Waals surface area contributed by atoms with Gasteiger partial charge in [0.15, 0.2) is 5.82 Å². The largest absolute Gasteiger partial charge is 0.383 e. The van der Waals surface area contributed by atoms with E-state index in [0.29, 0.717) is 0 Å². The molecular weight excluding hydrogens is 360 g/mol. The highest BCUT2D eigenvalue weighted by Gasteiger charge is 2.44. The van der Waals surface area contributed by atoms with Crippen molar-refractivity contribution < 1.29 is 4.74 Å². The van der Waals surface area contributed by atoms with E-state index in [1.54, 1.807) is 7.11 Å². The summed E-state index contributed by atoms with van der Waals surface area (Å²) in [7, 11) is 1.79. The Kier molecular flexibility index (Phi) is 5.27. The summed E-state index contributed by atoms with van der Waals surface area (Å²) in [5, 5.41) is 3.70. The molecule has 1 saturated carbocycles. The van der Waals surface area contributed by atoms with E-state index in [-0.39, 0.29) is 5.41 Å². The topological polar surface area (TPSA) is 50.3 Å². The first-order chi connectivity index (χ1) is 14.3. The van der Waals surface area contributed by atoms with E-state index in [1.165, 1.54) is 43.4 Å². The molecule has 5 rings (SSSR count). The number of likely N-dealkylation sites (tertiary alicyclic amines) is 1. The lowest BCUT2D eigenvalue weighted by Gasteiger charge is -2.39. The number of aromatic nitrogens is 2. The monoisotopic (exact) mass is 392 g/mol. The van der Waals surface area contributed by atoms with E-state index in [9.17, 15) is 0 Å². The molecule has 1 aromatic heterocycles. The standard InChI is InChI=1S/C24H32N4O/c1-29-16-15-28-13-11-24(12-14-28)10-9-20-21(24)26-22(19-5-3-2-4-6-19)27-23(20)25-17-18-7-8-18/h2-6,18H,7-17H2,1H3,(H,25,26,27). The van der Waals surface area contributed by atoms with Crippen molar-refractivity contribution in [2.45, 2.75) is 43.9 Å². The second-order valence-corrected chi connectivity index (χ2v) is 9.03. The average molecular weight is 393 g/mol. The Morgan fingerprint density at radius 2 is 1.90 bits per heavy atom. The van der Waals surface area contributed by atoms with Gasteiger partial charge in [0, 0.05) is 36.7 Å². The summed E-state index contributed by atoms with van der Waals surface area (Å²) in [6, 6.07) is 10.5. The molecule has 0 unspecified atom stereocenters. The van der Waals surface area contributed by atoms with E-state index in [4.69, 9.17) is 14.7 Å². The average Bonchev–Trinajstić information content (AvgIpc) is 3.54. The van der Waals surface area contributed by atoms with Crippen molar-refractivity contribution in [3.63, 3.8) is 0 Å². The Morgan fingerprint density at radius 1 is 1.10 bits per heavy atom. The van der Waals surface area contributed by atoms with Gasteiger partial charge in [-0.15, -0.1) is 0 Å². The molecule has 1 N–H and O–H groups in total. The highest BCUT2D eigenvalue weighted by molar-refractivity contribution is 5.62. The first kappa shape index (κ1) is 19.0. The molecular formula is C24H32N4O. The molecule has 3 aliphatic rings. The van der Waals surface area contributed by atoms with Crippen LogP contribution in [0.15, 0.2) is 30.3 Å². The molecule has 29 heavy (non-hydrogen) atoms. The molecule has 154 valence electrons. The number of benzene rings is 1. The maximum absolute atomic E-state index is 5.28. The molecule has 2 heterocycles. The lowest BCUT2D eigenvalue weighted by molar-refractivity contribution is 0.108. The summed E-state index contributed by atoms with van der Waals surface area (Å²) in [5.74, 6) is 2.81. The van der Waals surface area contributed by atoms with Crippen LogP contribution in [0.4, 0.5) is 5.82 Å². The highest BCUT2D eigenvalue weighted by Crippen LogP contribution is 2.47. The third kappa shape index (κ3) is 3.90. The van der Waals surface area contributed by atoms with E-state index in [2.05, 4.69) is 40.5 Å². The summed E-state index contributed by atoms with van der Waals surface area (Å²) in [6.45, 7) is 5.18. The van der Waals surface area contributed by atoms with Gasteiger partial charge in [0.1, 0.15) is 5.82 Å². The maximum Gasteiger partial charge on any atom is 0.161 e. The number of ether oxygens (including phenoxy) is 1. The van der Waals surface area contributed by atoms with Crippen LogP contribution in [0.3, 0.4) is 0 Å². The van der Waals surface area contributed by atoms with Gasteiger partial charge >= 0.3 is 0 Å². The molecule has 5 nitrogen and oxygen atoms in total. The van der Waals surface area contributed by atoms with Crippen LogP contribution in [-0.4, -0.2) is 54.8 Å². The molecule has 0 radical (unpaired) electrons. The van der Waals surface area contributed by atoms with Crippen LogP contribution in [0.5, 0.6) is 0 Å². The Bertz CT molecular complexity index is 841. The summed E-state index contributed by atoms with van der Waals surface area (Å²) in [4.78, 5) is 12.7. The van der Waals surface area contributed by atoms with Crippen LogP contribution in [-0.2, 0) is 16.6 Å². The second-order valence-electron chi connectivity index (χ2n) is 9.03. The lowest BCUT2D eigenvalue weighted by Crippen LogP contribution is -2.43. The fraction of sp³-hybridized carbons (Fsp3) is 0.583. The predicted molar refractivity (Wildman–Crippen MR) is 116 cm³/mol. The van der Waals surface area contributed by atoms with Crippen molar-refractivity contribution in [3.8, 4) is 11.4 Å². The van der Waals surface area contributed by atoms with Crippen LogP contribution < -0.4 is 5.32 Å². The van der Waals surface area contributed by atoms with Crippen LogP contribution in [0.2, 0.25) is 0 Å². The van der Waals surface area contributed by atoms with Crippen LogP contribution >= 0.6 is 0 Å². The SMILES string of the molecule is COCCN1CCC2(CCc3c(NCC4CC4)nc(-c4ccccc4)nc32)CC1. The number of hydrogen-bond donors (Lipinski definition) is 1. The number of anilines is 1. The second kappa shape index (κ2) is 8.04. The third-order valence-corrected chi connectivity index (χ3v) is 7.07. The van der Waals surface area contributed by atoms with Crippen molar-refractivity contribution in [2.24, 2.45) is 5.92 Å². The molecule has 0 atom stereocenters. The molecule has 1 aromatic carbocycles. The molecule has 0 bridgehead atoms. The molecule has 2 fully saturated rings. The van der Waals surface area contributed by atoms with Gasteiger partial charge in [0.2, 0.25) is 0 Å². The number of fused-ring (bicyclic) bond motifs is 2. The fourth-order valence-electron chi connectivity index (χ4n) is 4.98. The maximum atomic E-state index is 5.28. The number of rotatable bonds is 7. The van der Waals surface area contributed by atoms with Gasteiger partial charge in [0.25, 0.3) is 0 Å². The van der Waals surface area contributed by atoms with Crippen molar-refractivity contribution >= 4 is 5.82 Å². The zero-order valence-corrected chi connectivity index (χ0v) is 17.5. The molecule has 5 heteroatoms. The van der Waals surface area contributed by atoms with E-state index >= 15 is 0 Å². The number of hydrogen-bond acceptors (Lipinski definition) is 5. The number of nitrogens with zero attached hydrogens (tertiary/aromatic N) is 3. The van der Waals surface area contributed by atoms with Gasteiger partial charge < -0.3 is 15.0 Å². The predicted octanol–water partition coefficient (Wildman–Crippen LogP) is 3.89. The fourth-order valence-corrected chi connectivity index (χ4v) is 4.98. The van der Waals surface area contributed by atoms with Gasteiger partial charge in [-0.25, -0.2) is 9.97 Å². The Balaban J connectivity index is 1.45. The first-order valence-electron chi connectivity index (χ1n) is 11.2. The normalized spacial score (nSPS) is 20.7. The molecule has 2 aliphatic carbocycles. The Hall–Kier alpha value is -1.98. The number of nitrogens with one attached hydrogen (secondary N) is 1. The molecule has 1 spiro atoms. The van der Waals surface area contributed by atoms with Gasteiger partial charge in [-0.3, -0.25) is 0 Å². The summed E-state index contributed by atoms with van der Waals surface area (Å²) in [6.07, 6.45) is 7.41. The van der Waals surface area contributed by atoms with Gasteiger partial charge in [-0.05, 0) is 57.5 Å². The zero-order chi connectivity index (χ0) is 19.7. The molecule has 1 aliphatic heterocycles. The Labute approximate surface area is 173 Å². The van der Waals surface area contributed by atoms with Gasteiger partial charge in [-0.1, -0.05) is 30.3 Å². The number of methoxy groups -OCH3 is 1. The van der Waals surface area contributed by atoms with Crippen molar-refractivity contribution in [1.82, 2.24) is 14.9 Å². The summed E-state index contributed by atoms with van der Waals surface area (Å²) in [5.41, 5.74) is 4.05.